The van der Waals surface area contributed by atoms with Crippen LogP contribution < -0.4 is 0 Å². The van der Waals surface area contributed by atoms with Crippen LogP contribution in [-0.4, -0.2) is 0 Å². The molecule has 0 aliphatic carbocycles. The number of benzene rings is 1. The Morgan fingerprint density at radius 3 is 1.44 bits per heavy atom. The van der Waals surface area contributed by atoms with Gasteiger partial charge < -0.3 is 4.42 Å². The molecule has 0 atom stereocenters. The first-order valence-corrected chi connectivity index (χ1v) is 5.88. The summed E-state index contributed by atoms with van der Waals surface area (Å²) in [6, 6.07) is 8.05. The monoisotopic (exact) mass is 220 g/mol. The zero-order valence-electron chi connectivity index (χ0n) is 11.4. The van der Waals surface area contributed by atoms with E-state index >= 15 is 0 Å². The number of hydrogen-bond acceptors (Lipinski definition) is 1. The van der Waals surface area contributed by atoms with Crippen molar-refractivity contribution in [2.75, 3.05) is 0 Å². The number of hydrogen-bond donors (Lipinski definition) is 0. The number of furan rings is 1. The molecule has 1 heteroatoms. The van der Waals surface area contributed by atoms with E-state index in [4.69, 9.17) is 4.42 Å². The molecule has 0 unspecified atom stereocenters. The van der Waals surface area contributed by atoms with Crippen LogP contribution in [0.25, 0.3) is 10.8 Å². The second kappa shape index (κ2) is 7.10. The highest BCUT2D eigenvalue weighted by Gasteiger charge is 1.95. The first kappa shape index (κ1) is 14.8. The van der Waals surface area contributed by atoms with E-state index in [9.17, 15) is 0 Å². The fourth-order valence-electron chi connectivity index (χ4n) is 0.906. The van der Waals surface area contributed by atoms with Crippen LogP contribution in [-0.2, 0) is 0 Å². The molecule has 0 aliphatic heterocycles. The molecular weight excluding hydrogens is 196 g/mol. The fraction of sp³-hybridized carbons (Fsp3) is 0.467. The Bertz CT molecular complexity index is 343. The highest BCUT2D eigenvalue weighted by atomic mass is 16.3. The second-order valence-corrected chi connectivity index (χ2v) is 5.00. The first-order chi connectivity index (χ1) is 7.47. The van der Waals surface area contributed by atoms with Gasteiger partial charge in [-0.2, -0.15) is 0 Å². The smallest absolute Gasteiger partial charge is 0.0981 e. The van der Waals surface area contributed by atoms with E-state index < -0.39 is 0 Å². The van der Waals surface area contributed by atoms with Gasteiger partial charge in [0.05, 0.1) is 12.5 Å². The molecule has 0 bridgehead atoms. The largest absolute Gasteiger partial charge is 0.471 e. The van der Waals surface area contributed by atoms with E-state index in [1.807, 2.05) is 38.1 Å². The molecule has 0 saturated carbocycles. The fourth-order valence-corrected chi connectivity index (χ4v) is 0.906. The second-order valence-electron chi connectivity index (χ2n) is 5.00. The Labute approximate surface area is 99.5 Å². The van der Waals surface area contributed by atoms with Gasteiger partial charge in [-0.05, 0) is 5.41 Å². The lowest BCUT2D eigenvalue weighted by Crippen LogP contribution is -1.93. The Hall–Kier alpha value is -1.24. The molecule has 16 heavy (non-hydrogen) atoms. The predicted octanol–water partition coefficient (Wildman–Crippen LogP) is 5.51. The molecule has 1 heterocycles. The van der Waals surface area contributed by atoms with Crippen LogP contribution in [0.15, 0.2) is 41.2 Å². The molecule has 0 spiro atoms. The minimum Gasteiger partial charge on any atom is -0.471 e. The van der Waals surface area contributed by atoms with E-state index in [2.05, 4.69) is 27.7 Å². The third-order valence-electron chi connectivity index (χ3n) is 1.39. The third-order valence-corrected chi connectivity index (χ3v) is 1.39. The van der Waals surface area contributed by atoms with Crippen LogP contribution >= 0.6 is 0 Å². The Kier molecular flexibility index (Phi) is 6.55. The van der Waals surface area contributed by atoms with Crippen LogP contribution in [0.4, 0.5) is 0 Å². The summed E-state index contributed by atoms with van der Waals surface area (Å²) in [5.74, 6) is 0. The first-order valence-electron chi connectivity index (χ1n) is 5.88. The molecule has 0 radical (unpaired) electrons. The molecular formula is C15H24O. The lowest BCUT2D eigenvalue weighted by molar-refractivity contribution is 0.469. The van der Waals surface area contributed by atoms with Gasteiger partial charge in [0.15, 0.2) is 0 Å². The molecule has 90 valence electrons. The van der Waals surface area contributed by atoms with Crippen molar-refractivity contribution in [3.63, 3.8) is 0 Å². The van der Waals surface area contributed by atoms with Gasteiger partial charge in [0.1, 0.15) is 0 Å². The molecule has 1 aromatic heterocycles. The summed E-state index contributed by atoms with van der Waals surface area (Å²) in [5, 5.41) is 2.33. The van der Waals surface area contributed by atoms with Crippen molar-refractivity contribution in [1.29, 1.82) is 0 Å². The van der Waals surface area contributed by atoms with Crippen LogP contribution in [0.2, 0.25) is 0 Å². The maximum atomic E-state index is 4.96. The van der Waals surface area contributed by atoms with Crippen LogP contribution in [0.1, 0.15) is 41.5 Å². The maximum Gasteiger partial charge on any atom is 0.0981 e. The van der Waals surface area contributed by atoms with Crippen molar-refractivity contribution >= 4 is 10.8 Å². The normalized spacial score (nSPS) is 9.88. The van der Waals surface area contributed by atoms with Crippen LogP contribution in [0, 0.1) is 5.41 Å². The van der Waals surface area contributed by atoms with Gasteiger partial charge >= 0.3 is 0 Å². The molecule has 0 saturated heterocycles. The molecule has 2 rings (SSSR count). The Morgan fingerprint density at radius 2 is 1.12 bits per heavy atom. The zero-order chi connectivity index (χ0) is 12.6. The van der Waals surface area contributed by atoms with Gasteiger partial charge in [-0.1, -0.05) is 65.8 Å². The summed E-state index contributed by atoms with van der Waals surface area (Å²) in [6.07, 6.45) is 3.49. The Balaban J connectivity index is 0.000000280. The highest BCUT2D eigenvalue weighted by molar-refractivity contribution is 5.80. The van der Waals surface area contributed by atoms with Gasteiger partial charge in [0, 0.05) is 10.8 Å². The molecule has 0 aliphatic rings. The van der Waals surface area contributed by atoms with Gasteiger partial charge in [-0.15, -0.1) is 0 Å². The van der Waals surface area contributed by atoms with Crippen LogP contribution in [0.3, 0.4) is 0 Å². The van der Waals surface area contributed by atoms with Crippen molar-refractivity contribution in [2.45, 2.75) is 41.5 Å². The summed E-state index contributed by atoms with van der Waals surface area (Å²) in [7, 11) is 0. The van der Waals surface area contributed by atoms with Crippen molar-refractivity contribution in [1.82, 2.24) is 0 Å². The van der Waals surface area contributed by atoms with Gasteiger partial charge in [0.2, 0.25) is 0 Å². The van der Waals surface area contributed by atoms with E-state index in [1.54, 1.807) is 12.5 Å². The van der Waals surface area contributed by atoms with Gasteiger partial charge in [-0.25, -0.2) is 0 Å². The quantitative estimate of drug-likeness (QED) is 0.570. The van der Waals surface area contributed by atoms with E-state index in [-0.39, 0.29) is 0 Å². The average Bonchev–Trinajstić information content (AvgIpc) is 2.66. The predicted molar refractivity (Wildman–Crippen MR) is 72.7 cm³/mol. The maximum absolute atomic E-state index is 4.96. The third kappa shape index (κ3) is 7.10. The van der Waals surface area contributed by atoms with E-state index in [0.29, 0.717) is 5.41 Å². The summed E-state index contributed by atoms with van der Waals surface area (Å²) in [6.45, 7) is 12.8. The SMILES string of the molecule is CC.CC(C)(C)C.c1ccc2cocc2c1. The highest BCUT2D eigenvalue weighted by Crippen LogP contribution is 2.12. The van der Waals surface area contributed by atoms with Crippen molar-refractivity contribution < 1.29 is 4.42 Å². The standard InChI is InChI=1S/C8H6O.C5H12.C2H6/c1-2-4-8-6-9-5-7(8)3-1;1-5(2,3)4;1-2/h1-6H;1-4H3;1-2H3. The summed E-state index contributed by atoms with van der Waals surface area (Å²) in [4.78, 5) is 0. The minimum atomic E-state index is 0.500. The van der Waals surface area contributed by atoms with Crippen molar-refractivity contribution in [3.05, 3.63) is 36.8 Å². The number of fused-ring (bicyclic) bond motifs is 1. The van der Waals surface area contributed by atoms with Crippen LogP contribution in [0.5, 0.6) is 0 Å². The van der Waals surface area contributed by atoms with Crippen molar-refractivity contribution in [3.8, 4) is 0 Å². The lowest BCUT2D eigenvalue weighted by atomic mass is 10.0. The van der Waals surface area contributed by atoms with Gasteiger partial charge in [-0.3, -0.25) is 0 Å². The zero-order valence-corrected chi connectivity index (χ0v) is 11.4. The average molecular weight is 220 g/mol. The summed E-state index contributed by atoms with van der Waals surface area (Å²) >= 11 is 0. The van der Waals surface area contributed by atoms with E-state index in [0.717, 1.165) is 10.8 Å². The Morgan fingerprint density at radius 1 is 0.812 bits per heavy atom. The molecule has 2 aromatic rings. The lowest BCUT2D eigenvalue weighted by Gasteiger charge is -2.05. The summed E-state index contributed by atoms with van der Waals surface area (Å²) < 4.78 is 4.96. The van der Waals surface area contributed by atoms with E-state index in [1.165, 1.54) is 0 Å². The minimum absolute atomic E-state index is 0.500. The molecule has 0 fully saturated rings. The molecule has 1 nitrogen and oxygen atoms in total. The molecule has 0 amide bonds. The van der Waals surface area contributed by atoms with Crippen molar-refractivity contribution in [2.24, 2.45) is 5.41 Å². The molecule has 1 aromatic carbocycles. The topological polar surface area (TPSA) is 13.1 Å². The number of rotatable bonds is 0. The summed E-state index contributed by atoms with van der Waals surface area (Å²) in [5.41, 5.74) is 0.500. The molecule has 0 N–H and O–H groups in total. The van der Waals surface area contributed by atoms with Gasteiger partial charge in [0.25, 0.3) is 0 Å².